The summed E-state index contributed by atoms with van der Waals surface area (Å²) in [6, 6.07) is 0. The van der Waals surface area contributed by atoms with Crippen molar-refractivity contribution < 1.29 is 30.5 Å². The summed E-state index contributed by atoms with van der Waals surface area (Å²) in [5.41, 5.74) is -5.34. The van der Waals surface area contributed by atoms with Crippen LogP contribution < -0.4 is 0 Å². The van der Waals surface area contributed by atoms with Crippen molar-refractivity contribution in [3.05, 3.63) is 0 Å². The summed E-state index contributed by atoms with van der Waals surface area (Å²) in [7, 11) is -5.45. The average molecular weight is 234 g/mol. The molecular weight excluding hydrogens is 225 g/mol. The van der Waals surface area contributed by atoms with Gasteiger partial charge >= 0.3 is 15.6 Å². The van der Waals surface area contributed by atoms with Crippen molar-refractivity contribution in [2.75, 3.05) is 13.2 Å². The van der Waals surface area contributed by atoms with Crippen LogP contribution in [0.3, 0.4) is 0 Å². The fraction of sp³-hybridized carbons (Fsp3) is 1.00. The Balaban J connectivity index is 2.58. The minimum absolute atomic E-state index is 0.162. The van der Waals surface area contributed by atoms with E-state index in [9.17, 15) is 21.6 Å². The van der Waals surface area contributed by atoms with Crippen molar-refractivity contribution in [1.82, 2.24) is 0 Å². The molecule has 0 spiro atoms. The predicted octanol–water partition coefficient (Wildman–Crippen LogP) is 1.03. The molecule has 0 N–H and O–H groups in total. The zero-order valence-electron chi connectivity index (χ0n) is 7.08. The maximum absolute atomic E-state index is 11.8. The highest BCUT2D eigenvalue weighted by Crippen LogP contribution is 2.27. The van der Waals surface area contributed by atoms with E-state index in [2.05, 4.69) is 4.18 Å². The topological polar surface area (TPSA) is 52.6 Å². The Labute approximate surface area is 79.1 Å². The summed E-state index contributed by atoms with van der Waals surface area (Å²) in [4.78, 5) is 0. The molecule has 1 heterocycles. The lowest BCUT2D eigenvalue weighted by atomic mass is 10.2. The van der Waals surface area contributed by atoms with Crippen LogP contribution in [0.2, 0.25) is 0 Å². The fourth-order valence-corrected chi connectivity index (χ4v) is 1.67. The molecule has 0 saturated carbocycles. The van der Waals surface area contributed by atoms with Crippen molar-refractivity contribution in [2.24, 2.45) is 0 Å². The van der Waals surface area contributed by atoms with E-state index in [1.165, 1.54) is 0 Å². The summed E-state index contributed by atoms with van der Waals surface area (Å²) in [5.74, 6) is 0. The van der Waals surface area contributed by atoms with Gasteiger partial charge in [-0.15, -0.1) is 0 Å². The quantitative estimate of drug-likeness (QED) is 0.529. The Bertz CT molecular complexity index is 278. The van der Waals surface area contributed by atoms with Gasteiger partial charge in [-0.05, 0) is 12.8 Å². The van der Waals surface area contributed by atoms with Gasteiger partial charge in [0.1, 0.15) is 0 Å². The first kappa shape index (κ1) is 11.7. The van der Waals surface area contributed by atoms with E-state index in [0.717, 1.165) is 0 Å². The molecule has 0 aromatic carbocycles. The third-order valence-corrected chi connectivity index (χ3v) is 2.81. The average Bonchev–Trinajstić information content (AvgIpc) is 2.03. The number of rotatable bonds is 2. The molecule has 1 saturated heterocycles. The Morgan fingerprint density at radius 3 is 2.14 bits per heavy atom. The van der Waals surface area contributed by atoms with Crippen LogP contribution in [0.1, 0.15) is 12.8 Å². The highest BCUT2D eigenvalue weighted by molar-refractivity contribution is 7.87. The lowest BCUT2D eigenvalue weighted by Gasteiger charge is -2.22. The van der Waals surface area contributed by atoms with Crippen molar-refractivity contribution in [1.29, 1.82) is 0 Å². The second kappa shape index (κ2) is 4.03. The zero-order valence-corrected chi connectivity index (χ0v) is 7.90. The third-order valence-electron chi connectivity index (χ3n) is 1.71. The van der Waals surface area contributed by atoms with Crippen LogP contribution in [0.25, 0.3) is 0 Å². The van der Waals surface area contributed by atoms with E-state index in [0.29, 0.717) is 0 Å². The Morgan fingerprint density at radius 2 is 1.71 bits per heavy atom. The molecule has 1 aliphatic rings. The van der Waals surface area contributed by atoms with Gasteiger partial charge in [0.05, 0.1) is 6.10 Å². The number of hydrogen-bond donors (Lipinski definition) is 0. The first-order chi connectivity index (χ1) is 6.33. The summed E-state index contributed by atoms with van der Waals surface area (Å²) in [6.07, 6.45) is -0.597. The largest absolute Gasteiger partial charge is 0.523 e. The maximum Gasteiger partial charge on any atom is 0.523 e. The SMILES string of the molecule is O=S(=O)(OC1CCOCC1)C(F)(F)F. The summed E-state index contributed by atoms with van der Waals surface area (Å²) in [6.45, 7) is 0.441. The second-order valence-electron chi connectivity index (χ2n) is 2.81. The van der Waals surface area contributed by atoms with E-state index in [1.807, 2.05) is 0 Å². The fourth-order valence-electron chi connectivity index (χ4n) is 1.01. The van der Waals surface area contributed by atoms with E-state index >= 15 is 0 Å². The van der Waals surface area contributed by atoms with Crippen LogP contribution in [0.5, 0.6) is 0 Å². The molecule has 1 rings (SSSR count). The molecule has 1 aliphatic heterocycles. The normalized spacial score (nSPS) is 21.1. The first-order valence-electron chi connectivity index (χ1n) is 3.90. The minimum Gasteiger partial charge on any atom is -0.381 e. The third kappa shape index (κ3) is 2.82. The van der Waals surface area contributed by atoms with Gasteiger partial charge in [-0.3, -0.25) is 4.18 Å². The molecule has 0 bridgehead atoms. The van der Waals surface area contributed by atoms with Crippen LogP contribution in [-0.2, 0) is 19.0 Å². The molecule has 14 heavy (non-hydrogen) atoms. The maximum atomic E-state index is 11.8. The summed E-state index contributed by atoms with van der Waals surface area (Å²) < 4.78 is 65.5. The minimum atomic E-state index is -5.45. The Kier molecular flexibility index (Phi) is 3.38. The number of hydrogen-bond acceptors (Lipinski definition) is 4. The van der Waals surface area contributed by atoms with Crippen LogP contribution in [0, 0.1) is 0 Å². The molecule has 84 valence electrons. The first-order valence-corrected chi connectivity index (χ1v) is 5.31. The number of ether oxygens (including phenoxy) is 1. The van der Waals surface area contributed by atoms with E-state index in [-0.39, 0.29) is 26.1 Å². The molecule has 0 aromatic heterocycles. The van der Waals surface area contributed by atoms with Gasteiger partial charge in [-0.1, -0.05) is 0 Å². The molecule has 0 radical (unpaired) electrons. The smallest absolute Gasteiger partial charge is 0.381 e. The monoisotopic (exact) mass is 234 g/mol. The van der Waals surface area contributed by atoms with Crippen LogP contribution >= 0.6 is 0 Å². The second-order valence-corrected chi connectivity index (χ2v) is 4.37. The lowest BCUT2D eigenvalue weighted by Crippen LogP contribution is -2.33. The van der Waals surface area contributed by atoms with Crippen LogP contribution in [0.4, 0.5) is 13.2 Å². The van der Waals surface area contributed by atoms with Crippen molar-refractivity contribution >= 4 is 10.1 Å². The Hall–Kier alpha value is -0.340. The summed E-state index contributed by atoms with van der Waals surface area (Å²) >= 11 is 0. The van der Waals surface area contributed by atoms with Gasteiger partial charge in [-0.2, -0.15) is 21.6 Å². The van der Waals surface area contributed by atoms with Gasteiger partial charge < -0.3 is 4.74 Å². The molecular formula is C6H9F3O4S. The highest BCUT2D eigenvalue weighted by atomic mass is 32.2. The highest BCUT2D eigenvalue weighted by Gasteiger charge is 2.48. The Morgan fingerprint density at radius 1 is 1.21 bits per heavy atom. The molecule has 0 aromatic rings. The van der Waals surface area contributed by atoms with E-state index in [1.54, 1.807) is 0 Å². The van der Waals surface area contributed by atoms with Crippen molar-refractivity contribution in [3.8, 4) is 0 Å². The van der Waals surface area contributed by atoms with Gasteiger partial charge in [0.25, 0.3) is 0 Å². The molecule has 0 atom stereocenters. The predicted molar refractivity (Wildman–Crippen MR) is 39.9 cm³/mol. The van der Waals surface area contributed by atoms with Gasteiger partial charge in [0, 0.05) is 13.2 Å². The van der Waals surface area contributed by atoms with Gasteiger partial charge in [0.2, 0.25) is 0 Å². The molecule has 8 heteroatoms. The van der Waals surface area contributed by atoms with Crippen molar-refractivity contribution in [3.63, 3.8) is 0 Å². The van der Waals surface area contributed by atoms with Crippen LogP contribution in [-0.4, -0.2) is 33.2 Å². The van der Waals surface area contributed by atoms with Gasteiger partial charge in [0.15, 0.2) is 0 Å². The molecule has 0 unspecified atom stereocenters. The lowest BCUT2D eigenvalue weighted by molar-refractivity contribution is -0.0624. The zero-order chi connectivity index (χ0) is 10.8. The van der Waals surface area contributed by atoms with E-state index in [4.69, 9.17) is 4.74 Å². The summed E-state index contributed by atoms with van der Waals surface area (Å²) in [5, 5.41) is 0. The van der Waals surface area contributed by atoms with Crippen molar-refractivity contribution in [2.45, 2.75) is 24.5 Å². The molecule has 4 nitrogen and oxygen atoms in total. The number of alkyl halides is 3. The molecule has 0 aliphatic carbocycles. The van der Waals surface area contributed by atoms with E-state index < -0.39 is 21.7 Å². The van der Waals surface area contributed by atoms with Gasteiger partial charge in [-0.25, -0.2) is 0 Å². The van der Waals surface area contributed by atoms with Crippen LogP contribution in [0.15, 0.2) is 0 Å². The molecule has 1 fully saturated rings. The molecule has 0 amide bonds. The standard InChI is InChI=1S/C6H9F3O4S/c7-6(8,9)14(10,11)13-5-1-3-12-4-2-5/h5H,1-4H2. The number of halogens is 3.